The molecule has 0 amide bonds. The quantitative estimate of drug-likeness (QED) is 0.920. The van der Waals surface area contributed by atoms with Crippen LogP contribution in [-0.4, -0.2) is 44.8 Å². The fraction of sp³-hybridized carbons (Fsp3) is 0.643. The van der Waals surface area contributed by atoms with Gasteiger partial charge in [0, 0.05) is 19.5 Å². The fourth-order valence-electron chi connectivity index (χ4n) is 2.41. The summed E-state index contributed by atoms with van der Waals surface area (Å²) in [6, 6.07) is 0. The molecule has 1 saturated heterocycles. The van der Waals surface area contributed by atoms with Crippen LogP contribution in [0.2, 0.25) is 0 Å². The first-order valence-corrected chi connectivity index (χ1v) is 7.33. The lowest BCUT2D eigenvalue weighted by Crippen LogP contribution is -2.38. The van der Waals surface area contributed by atoms with Gasteiger partial charge in [-0.1, -0.05) is 6.92 Å². The molecule has 0 radical (unpaired) electrons. The molecule has 1 atom stereocenters. The average molecular weight is 291 g/mol. The number of aryl methyl sites for hydroxylation is 3. The van der Waals surface area contributed by atoms with Crippen molar-refractivity contribution in [2.24, 2.45) is 0 Å². The molecule has 0 aliphatic carbocycles. The van der Waals surface area contributed by atoms with Gasteiger partial charge in [-0.25, -0.2) is 9.97 Å². The van der Waals surface area contributed by atoms with E-state index in [1.807, 2.05) is 20.8 Å². The number of morpholine rings is 1. The van der Waals surface area contributed by atoms with Crippen LogP contribution in [0.3, 0.4) is 0 Å². The van der Waals surface area contributed by atoms with E-state index in [1.165, 1.54) is 0 Å². The molecule has 1 aliphatic rings. The Hall–Kier alpha value is -1.73. The van der Waals surface area contributed by atoms with Crippen molar-refractivity contribution in [3.05, 3.63) is 29.0 Å². The topological polar surface area (TPSA) is 80.1 Å². The number of nitrogens with zero attached hydrogens (tertiary/aromatic N) is 4. The molecule has 3 heterocycles. The summed E-state index contributed by atoms with van der Waals surface area (Å²) in [5.74, 6) is 3.27. The zero-order valence-corrected chi connectivity index (χ0v) is 12.7. The van der Waals surface area contributed by atoms with Gasteiger partial charge in [-0.3, -0.25) is 10.00 Å². The highest BCUT2D eigenvalue weighted by atomic mass is 16.5. The number of rotatable bonds is 4. The van der Waals surface area contributed by atoms with Gasteiger partial charge in [0.05, 0.1) is 18.8 Å². The van der Waals surface area contributed by atoms with E-state index in [0.717, 1.165) is 48.5 Å². The highest BCUT2D eigenvalue weighted by Crippen LogP contribution is 2.21. The van der Waals surface area contributed by atoms with E-state index in [2.05, 4.69) is 25.1 Å². The summed E-state index contributed by atoms with van der Waals surface area (Å²) in [5.41, 5.74) is 0.955. The van der Waals surface area contributed by atoms with Gasteiger partial charge in [0.1, 0.15) is 17.7 Å². The fourth-order valence-corrected chi connectivity index (χ4v) is 2.41. The lowest BCUT2D eigenvalue weighted by atomic mass is 10.2. The Morgan fingerprint density at radius 2 is 2.19 bits per heavy atom. The first kappa shape index (κ1) is 14.2. The number of nitrogens with one attached hydrogen (secondary N) is 1. The summed E-state index contributed by atoms with van der Waals surface area (Å²) in [6.45, 7) is 8.92. The number of ether oxygens (including phenoxy) is 1. The predicted octanol–water partition coefficient (Wildman–Crippen LogP) is 1.55. The largest absolute Gasteiger partial charge is 0.444 e. The molecule has 3 rings (SSSR count). The average Bonchev–Trinajstić information content (AvgIpc) is 3.07. The molecule has 1 unspecified atom stereocenters. The maximum atomic E-state index is 5.78. The molecule has 1 fully saturated rings. The van der Waals surface area contributed by atoms with Crippen molar-refractivity contribution in [1.29, 1.82) is 0 Å². The van der Waals surface area contributed by atoms with E-state index in [0.29, 0.717) is 13.2 Å². The minimum absolute atomic E-state index is 0.0903. The first-order chi connectivity index (χ1) is 10.2. The van der Waals surface area contributed by atoms with Crippen LogP contribution in [0, 0.1) is 13.8 Å². The molecule has 7 nitrogen and oxygen atoms in total. The minimum atomic E-state index is -0.0903. The number of H-pyrrole nitrogens is 1. The summed E-state index contributed by atoms with van der Waals surface area (Å²) in [7, 11) is 0. The van der Waals surface area contributed by atoms with Crippen LogP contribution in [0.25, 0.3) is 0 Å². The Kier molecular flexibility index (Phi) is 4.03. The molecule has 7 heteroatoms. The third-order valence-corrected chi connectivity index (χ3v) is 3.75. The Labute approximate surface area is 123 Å². The lowest BCUT2D eigenvalue weighted by Gasteiger charge is -2.30. The Morgan fingerprint density at radius 3 is 2.86 bits per heavy atom. The Morgan fingerprint density at radius 1 is 1.33 bits per heavy atom. The van der Waals surface area contributed by atoms with Crippen LogP contribution >= 0.6 is 0 Å². The van der Waals surface area contributed by atoms with Gasteiger partial charge in [0.25, 0.3) is 0 Å². The summed E-state index contributed by atoms with van der Waals surface area (Å²) < 4.78 is 11.4. The molecule has 2 aromatic rings. The third kappa shape index (κ3) is 3.14. The van der Waals surface area contributed by atoms with Crippen molar-refractivity contribution in [1.82, 2.24) is 25.1 Å². The van der Waals surface area contributed by atoms with E-state index in [4.69, 9.17) is 9.15 Å². The summed E-state index contributed by atoms with van der Waals surface area (Å²) in [5, 5.41) is 7.18. The van der Waals surface area contributed by atoms with Gasteiger partial charge >= 0.3 is 0 Å². The number of oxazole rings is 1. The Balaban J connectivity index is 1.65. The predicted molar refractivity (Wildman–Crippen MR) is 75.7 cm³/mol. The highest BCUT2D eigenvalue weighted by molar-refractivity contribution is 5.05. The zero-order valence-electron chi connectivity index (χ0n) is 12.7. The van der Waals surface area contributed by atoms with Crippen LogP contribution in [0.15, 0.2) is 4.42 Å². The molecule has 2 aromatic heterocycles. The van der Waals surface area contributed by atoms with Gasteiger partial charge in [-0.15, -0.1) is 0 Å². The maximum Gasteiger partial charge on any atom is 0.208 e. The molecule has 1 aliphatic heterocycles. The molecule has 0 aromatic carbocycles. The van der Waals surface area contributed by atoms with E-state index < -0.39 is 0 Å². The van der Waals surface area contributed by atoms with Crippen molar-refractivity contribution < 1.29 is 9.15 Å². The molecular formula is C14H21N5O2. The van der Waals surface area contributed by atoms with Gasteiger partial charge in [-0.05, 0) is 13.8 Å². The van der Waals surface area contributed by atoms with Gasteiger partial charge in [-0.2, -0.15) is 5.10 Å². The highest BCUT2D eigenvalue weighted by Gasteiger charge is 2.26. The van der Waals surface area contributed by atoms with E-state index in [9.17, 15) is 0 Å². The molecule has 21 heavy (non-hydrogen) atoms. The first-order valence-electron chi connectivity index (χ1n) is 7.33. The van der Waals surface area contributed by atoms with Crippen molar-refractivity contribution in [2.45, 2.75) is 39.8 Å². The minimum Gasteiger partial charge on any atom is -0.444 e. The normalized spacial score (nSPS) is 20.0. The maximum absolute atomic E-state index is 5.78. The van der Waals surface area contributed by atoms with Crippen LogP contribution < -0.4 is 0 Å². The lowest BCUT2D eigenvalue weighted by molar-refractivity contribution is -0.0393. The van der Waals surface area contributed by atoms with Crippen molar-refractivity contribution >= 4 is 0 Å². The Bertz CT molecular complexity index is 587. The van der Waals surface area contributed by atoms with E-state index in [-0.39, 0.29) is 6.10 Å². The smallest absolute Gasteiger partial charge is 0.208 e. The van der Waals surface area contributed by atoms with Crippen LogP contribution in [0.4, 0.5) is 0 Å². The molecule has 1 N–H and O–H groups in total. The third-order valence-electron chi connectivity index (χ3n) is 3.75. The van der Waals surface area contributed by atoms with E-state index in [1.54, 1.807) is 0 Å². The van der Waals surface area contributed by atoms with Crippen molar-refractivity contribution in [3.8, 4) is 0 Å². The summed E-state index contributed by atoms with van der Waals surface area (Å²) in [4.78, 5) is 11.2. The second-order valence-electron chi connectivity index (χ2n) is 5.34. The number of hydrogen-bond donors (Lipinski definition) is 1. The summed E-state index contributed by atoms with van der Waals surface area (Å²) in [6.07, 6.45) is 0.755. The van der Waals surface area contributed by atoms with Crippen molar-refractivity contribution in [2.75, 3.05) is 19.7 Å². The number of aromatic nitrogens is 4. The molecule has 0 bridgehead atoms. The number of hydrogen-bond acceptors (Lipinski definition) is 6. The zero-order chi connectivity index (χ0) is 14.8. The second kappa shape index (κ2) is 5.95. The van der Waals surface area contributed by atoms with Gasteiger partial charge in [0.15, 0.2) is 5.82 Å². The van der Waals surface area contributed by atoms with Gasteiger partial charge in [0.2, 0.25) is 5.89 Å². The monoisotopic (exact) mass is 291 g/mol. The molecule has 0 spiro atoms. The number of aromatic amines is 1. The van der Waals surface area contributed by atoms with E-state index >= 15 is 0 Å². The molecule has 0 saturated carbocycles. The van der Waals surface area contributed by atoms with Crippen LogP contribution in [0.1, 0.15) is 42.0 Å². The van der Waals surface area contributed by atoms with Gasteiger partial charge < -0.3 is 9.15 Å². The summed E-state index contributed by atoms with van der Waals surface area (Å²) >= 11 is 0. The molecule has 114 valence electrons. The second-order valence-corrected chi connectivity index (χ2v) is 5.34. The van der Waals surface area contributed by atoms with Crippen molar-refractivity contribution in [3.63, 3.8) is 0 Å². The SMILES string of the molecule is CCc1nc(C2CN(Cc3nc(C)c(C)o3)CCO2)n[nH]1. The molecular weight excluding hydrogens is 270 g/mol. The van der Waals surface area contributed by atoms with Crippen LogP contribution in [0.5, 0.6) is 0 Å². The standard InChI is InChI=1S/C14H21N5O2/c1-4-12-16-14(18-17-12)11-7-19(5-6-20-11)8-13-15-9(2)10(3)21-13/h11H,4-8H2,1-3H3,(H,16,17,18). The van der Waals surface area contributed by atoms with Crippen LogP contribution in [-0.2, 0) is 17.7 Å².